The summed E-state index contributed by atoms with van der Waals surface area (Å²) in [6.45, 7) is 0. The van der Waals surface area contributed by atoms with Crippen molar-refractivity contribution in [1.82, 2.24) is 0 Å². The lowest BCUT2D eigenvalue weighted by atomic mass is 10.2. The first-order chi connectivity index (χ1) is 12.5. The Morgan fingerprint density at radius 1 is 1.19 bits per heavy atom. The summed E-state index contributed by atoms with van der Waals surface area (Å²) < 4.78 is 0. The maximum absolute atomic E-state index is 12.6. The SMILES string of the molecule is N#C/C(C(=O)Nc1ccc(Cl)cc1Cl)=C1/SCC(=O)N1c1ccccc1. The second-order valence-corrected chi connectivity index (χ2v) is 7.03. The summed E-state index contributed by atoms with van der Waals surface area (Å²) in [6.07, 6.45) is 0. The van der Waals surface area contributed by atoms with Crippen molar-refractivity contribution in [2.24, 2.45) is 0 Å². The van der Waals surface area contributed by atoms with Gasteiger partial charge in [0.25, 0.3) is 5.91 Å². The second-order valence-electron chi connectivity index (χ2n) is 5.22. The fourth-order valence-corrected chi connectivity index (χ4v) is 3.83. The number of para-hydroxylation sites is 1. The maximum atomic E-state index is 12.6. The van der Waals surface area contributed by atoms with E-state index in [9.17, 15) is 14.9 Å². The highest BCUT2D eigenvalue weighted by molar-refractivity contribution is 8.04. The number of nitriles is 1. The van der Waals surface area contributed by atoms with Crippen molar-refractivity contribution >= 4 is 58.2 Å². The summed E-state index contributed by atoms with van der Waals surface area (Å²) in [5.74, 6) is -0.680. The molecule has 1 saturated heterocycles. The highest BCUT2D eigenvalue weighted by atomic mass is 35.5. The van der Waals surface area contributed by atoms with Crippen molar-refractivity contribution < 1.29 is 9.59 Å². The van der Waals surface area contributed by atoms with Gasteiger partial charge < -0.3 is 5.32 Å². The number of hydrogen-bond acceptors (Lipinski definition) is 4. The van der Waals surface area contributed by atoms with Gasteiger partial charge in [0.2, 0.25) is 5.91 Å². The van der Waals surface area contributed by atoms with E-state index in [1.807, 2.05) is 12.1 Å². The quantitative estimate of drug-likeness (QED) is 0.606. The molecular formula is C18H11Cl2N3O2S. The van der Waals surface area contributed by atoms with E-state index in [-0.39, 0.29) is 22.3 Å². The summed E-state index contributed by atoms with van der Waals surface area (Å²) >= 11 is 13.1. The molecule has 2 amide bonds. The Morgan fingerprint density at radius 3 is 2.58 bits per heavy atom. The van der Waals surface area contributed by atoms with E-state index in [0.29, 0.717) is 21.4 Å². The average Bonchev–Trinajstić information content (AvgIpc) is 3.00. The summed E-state index contributed by atoms with van der Waals surface area (Å²) in [5.41, 5.74) is 0.772. The monoisotopic (exact) mass is 403 g/mol. The van der Waals surface area contributed by atoms with Crippen LogP contribution >= 0.6 is 35.0 Å². The number of nitrogens with zero attached hydrogens (tertiary/aromatic N) is 2. The number of hydrogen-bond donors (Lipinski definition) is 1. The topological polar surface area (TPSA) is 73.2 Å². The van der Waals surface area contributed by atoms with E-state index in [1.54, 1.807) is 36.4 Å². The Labute approximate surface area is 164 Å². The van der Waals surface area contributed by atoms with Crippen LogP contribution in [0.1, 0.15) is 0 Å². The molecule has 0 aliphatic carbocycles. The number of thioether (sulfide) groups is 1. The molecule has 5 nitrogen and oxygen atoms in total. The van der Waals surface area contributed by atoms with Gasteiger partial charge in [-0.15, -0.1) is 0 Å². The third-order valence-corrected chi connectivity index (χ3v) is 5.13. The minimum Gasteiger partial charge on any atom is -0.320 e. The Kier molecular flexibility index (Phi) is 5.52. The normalized spacial score (nSPS) is 15.6. The molecule has 1 N–H and O–H groups in total. The van der Waals surface area contributed by atoms with Gasteiger partial charge in [-0.25, -0.2) is 0 Å². The van der Waals surface area contributed by atoms with E-state index in [2.05, 4.69) is 5.32 Å². The first kappa shape index (κ1) is 18.3. The number of carbonyl (C=O) groups excluding carboxylic acids is 2. The van der Waals surface area contributed by atoms with Gasteiger partial charge in [0.1, 0.15) is 16.7 Å². The van der Waals surface area contributed by atoms with Crippen LogP contribution in [0.25, 0.3) is 0 Å². The predicted octanol–water partition coefficient (Wildman–Crippen LogP) is 4.45. The van der Waals surface area contributed by atoms with Crippen molar-refractivity contribution in [3.63, 3.8) is 0 Å². The summed E-state index contributed by atoms with van der Waals surface area (Å²) in [5, 5.41) is 13.1. The molecule has 0 spiro atoms. The van der Waals surface area contributed by atoms with Crippen molar-refractivity contribution in [2.45, 2.75) is 0 Å². The molecule has 0 unspecified atom stereocenters. The Bertz CT molecular complexity index is 955. The summed E-state index contributed by atoms with van der Waals surface area (Å²) in [4.78, 5) is 26.3. The van der Waals surface area contributed by atoms with Crippen LogP contribution in [-0.4, -0.2) is 17.6 Å². The lowest BCUT2D eigenvalue weighted by Crippen LogP contribution is -2.26. The van der Waals surface area contributed by atoms with Crippen LogP contribution in [0.15, 0.2) is 59.1 Å². The minimum absolute atomic E-state index is 0.157. The zero-order chi connectivity index (χ0) is 18.7. The van der Waals surface area contributed by atoms with E-state index in [1.165, 1.54) is 11.0 Å². The fourth-order valence-electron chi connectivity index (χ4n) is 2.37. The van der Waals surface area contributed by atoms with Crippen LogP contribution in [0.4, 0.5) is 11.4 Å². The number of benzene rings is 2. The standard InChI is InChI=1S/C18H11Cl2N3O2S/c19-11-6-7-15(14(20)8-11)22-17(25)13(9-21)18-23(16(24)10-26-18)12-4-2-1-3-5-12/h1-8H,10H2,(H,22,25)/b18-13-. The zero-order valence-corrected chi connectivity index (χ0v) is 15.5. The molecular weight excluding hydrogens is 393 g/mol. The molecule has 0 radical (unpaired) electrons. The van der Waals surface area contributed by atoms with Crippen LogP contribution in [0.5, 0.6) is 0 Å². The number of rotatable bonds is 3. The van der Waals surface area contributed by atoms with Crippen molar-refractivity contribution in [2.75, 3.05) is 16.0 Å². The molecule has 2 aromatic rings. The van der Waals surface area contributed by atoms with Gasteiger partial charge in [-0.3, -0.25) is 14.5 Å². The van der Waals surface area contributed by atoms with Crippen molar-refractivity contribution in [3.8, 4) is 6.07 Å². The molecule has 3 rings (SSSR count). The Balaban J connectivity index is 1.96. The molecule has 0 bridgehead atoms. The lowest BCUT2D eigenvalue weighted by molar-refractivity contribution is -0.115. The van der Waals surface area contributed by atoms with Crippen LogP contribution in [-0.2, 0) is 9.59 Å². The smallest absolute Gasteiger partial charge is 0.269 e. The van der Waals surface area contributed by atoms with Crippen molar-refractivity contribution in [1.29, 1.82) is 5.26 Å². The van der Waals surface area contributed by atoms with Crippen LogP contribution < -0.4 is 10.2 Å². The third-order valence-electron chi connectivity index (χ3n) is 3.53. The van der Waals surface area contributed by atoms with E-state index in [0.717, 1.165) is 11.8 Å². The number of nitrogens with one attached hydrogen (secondary N) is 1. The summed E-state index contributed by atoms with van der Waals surface area (Å²) in [7, 11) is 0. The number of carbonyl (C=O) groups is 2. The highest BCUT2D eigenvalue weighted by Crippen LogP contribution is 2.36. The molecule has 1 fully saturated rings. The first-order valence-corrected chi connectivity index (χ1v) is 9.17. The van der Waals surface area contributed by atoms with Gasteiger partial charge in [-0.05, 0) is 30.3 Å². The maximum Gasteiger partial charge on any atom is 0.269 e. The highest BCUT2D eigenvalue weighted by Gasteiger charge is 2.33. The molecule has 8 heteroatoms. The number of anilines is 2. The first-order valence-electron chi connectivity index (χ1n) is 7.43. The van der Waals surface area contributed by atoms with Gasteiger partial charge in [0.15, 0.2) is 0 Å². The van der Waals surface area contributed by atoms with Crippen molar-refractivity contribution in [3.05, 3.63) is 69.2 Å². The summed E-state index contributed by atoms with van der Waals surface area (Å²) in [6, 6.07) is 15.4. The van der Waals surface area contributed by atoms with Gasteiger partial charge in [0.05, 0.1) is 16.5 Å². The molecule has 1 heterocycles. The number of halogens is 2. The van der Waals surface area contributed by atoms with Crippen LogP contribution in [0, 0.1) is 11.3 Å². The molecule has 130 valence electrons. The molecule has 0 aromatic heterocycles. The largest absolute Gasteiger partial charge is 0.320 e. The fraction of sp³-hybridized carbons (Fsp3) is 0.0556. The van der Waals surface area contributed by atoms with Gasteiger partial charge in [0, 0.05) is 10.7 Å². The molecule has 0 saturated carbocycles. The predicted molar refractivity (Wildman–Crippen MR) is 104 cm³/mol. The third kappa shape index (κ3) is 3.70. The Morgan fingerprint density at radius 2 is 1.92 bits per heavy atom. The van der Waals surface area contributed by atoms with Gasteiger partial charge in [-0.1, -0.05) is 53.2 Å². The number of amides is 2. The molecule has 26 heavy (non-hydrogen) atoms. The molecule has 2 aromatic carbocycles. The molecule has 1 aliphatic rings. The second kappa shape index (κ2) is 7.83. The van der Waals surface area contributed by atoms with Crippen LogP contribution in [0.2, 0.25) is 10.0 Å². The average molecular weight is 404 g/mol. The molecule has 1 aliphatic heterocycles. The van der Waals surface area contributed by atoms with Gasteiger partial charge >= 0.3 is 0 Å². The Hall–Kier alpha value is -2.46. The minimum atomic E-state index is -0.644. The lowest BCUT2D eigenvalue weighted by Gasteiger charge is -2.18. The van der Waals surface area contributed by atoms with Crippen LogP contribution in [0.3, 0.4) is 0 Å². The van der Waals surface area contributed by atoms with E-state index < -0.39 is 5.91 Å². The van der Waals surface area contributed by atoms with E-state index >= 15 is 0 Å². The molecule has 0 atom stereocenters. The zero-order valence-electron chi connectivity index (χ0n) is 13.2. The van der Waals surface area contributed by atoms with E-state index in [4.69, 9.17) is 23.2 Å². The van der Waals surface area contributed by atoms with Gasteiger partial charge in [-0.2, -0.15) is 5.26 Å².